The van der Waals surface area contributed by atoms with Crippen molar-refractivity contribution < 1.29 is 0 Å². The topological polar surface area (TPSA) is 52.0 Å². The fourth-order valence-corrected chi connectivity index (χ4v) is 1.80. The highest BCUT2D eigenvalue weighted by Gasteiger charge is 2.01. The Kier molecular flexibility index (Phi) is 2.82. The second-order valence-electron chi connectivity index (χ2n) is 4.11. The van der Waals surface area contributed by atoms with Crippen LogP contribution in [0.1, 0.15) is 16.7 Å². The quantitative estimate of drug-likeness (QED) is 0.752. The van der Waals surface area contributed by atoms with Crippen LogP contribution in [0, 0.1) is 6.92 Å². The van der Waals surface area contributed by atoms with E-state index in [0.29, 0.717) is 0 Å². The third kappa shape index (κ3) is 2.34. The summed E-state index contributed by atoms with van der Waals surface area (Å²) in [5.74, 6) is 0. The molecule has 0 aliphatic heterocycles. The zero-order valence-electron chi connectivity index (χ0n) is 9.40. The molecule has 0 aromatic heterocycles. The molecule has 0 bridgehead atoms. The molecule has 2 aromatic carbocycles. The molecule has 0 atom stereocenters. The van der Waals surface area contributed by atoms with Gasteiger partial charge in [0, 0.05) is 11.4 Å². The molecule has 82 valence electrons. The van der Waals surface area contributed by atoms with Crippen LogP contribution in [0.4, 0.5) is 11.4 Å². The summed E-state index contributed by atoms with van der Waals surface area (Å²) in [5, 5.41) is 0. The molecule has 0 amide bonds. The molecule has 0 unspecified atom stereocenters. The second-order valence-corrected chi connectivity index (χ2v) is 4.11. The number of benzene rings is 2. The van der Waals surface area contributed by atoms with Crippen molar-refractivity contribution in [2.24, 2.45) is 0 Å². The van der Waals surface area contributed by atoms with Gasteiger partial charge in [-0.1, -0.05) is 18.2 Å². The van der Waals surface area contributed by atoms with Gasteiger partial charge in [0.05, 0.1) is 0 Å². The molecule has 0 radical (unpaired) electrons. The minimum absolute atomic E-state index is 0.805. The molecular formula is C14H16N2. The predicted octanol–water partition coefficient (Wildman–Crippen LogP) is 2.75. The zero-order chi connectivity index (χ0) is 11.5. The lowest BCUT2D eigenvalue weighted by molar-refractivity contribution is 1.16. The second kappa shape index (κ2) is 4.27. The van der Waals surface area contributed by atoms with Gasteiger partial charge < -0.3 is 11.5 Å². The molecule has 0 saturated heterocycles. The van der Waals surface area contributed by atoms with Crippen molar-refractivity contribution in [3.8, 4) is 0 Å². The number of aryl methyl sites for hydroxylation is 1. The minimum atomic E-state index is 0.805. The molecule has 2 nitrogen and oxygen atoms in total. The average Bonchev–Trinajstić information content (AvgIpc) is 2.24. The molecule has 2 rings (SSSR count). The van der Waals surface area contributed by atoms with Crippen LogP contribution >= 0.6 is 0 Å². The van der Waals surface area contributed by atoms with Crippen LogP contribution in [-0.2, 0) is 6.42 Å². The first-order valence-corrected chi connectivity index (χ1v) is 5.34. The Morgan fingerprint density at radius 3 is 2.44 bits per heavy atom. The fourth-order valence-electron chi connectivity index (χ4n) is 1.80. The van der Waals surface area contributed by atoms with Crippen LogP contribution in [0.5, 0.6) is 0 Å². The van der Waals surface area contributed by atoms with Gasteiger partial charge in [-0.25, -0.2) is 0 Å². The third-order valence-corrected chi connectivity index (χ3v) is 2.72. The summed E-state index contributed by atoms with van der Waals surface area (Å²) in [6, 6.07) is 14.0. The maximum atomic E-state index is 5.79. The first-order chi connectivity index (χ1) is 7.65. The van der Waals surface area contributed by atoms with Crippen molar-refractivity contribution in [3.05, 3.63) is 59.2 Å². The predicted molar refractivity (Wildman–Crippen MR) is 69.3 cm³/mol. The normalized spacial score (nSPS) is 10.3. The Morgan fingerprint density at radius 2 is 1.69 bits per heavy atom. The summed E-state index contributed by atoms with van der Waals surface area (Å²) in [6.45, 7) is 2.10. The molecule has 0 fully saturated rings. The summed E-state index contributed by atoms with van der Waals surface area (Å²) in [5.41, 5.74) is 16.9. The Bertz CT molecular complexity index is 504. The van der Waals surface area contributed by atoms with E-state index in [-0.39, 0.29) is 0 Å². The van der Waals surface area contributed by atoms with Crippen molar-refractivity contribution in [2.45, 2.75) is 13.3 Å². The van der Waals surface area contributed by atoms with Gasteiger partial charge in [0.1, 0.15) is 0 Å². The zero-order valence-corrected chi connectivity index (χ0v) is 9.40. The summed E-state index contributed by atoms with van der Waals surface area (Å²) in [6.07, 6.45) is 0.877. The van der Waals surface area contributed by atoms with Gasteiger partial charge in [-0.05, 0) is 54.3 Å². The summed E-state index contributed by atoms with van der Waals surface area (Å²) < 4.78 is 0. The largest absolute Gasteiger partial charge is 0.399 e. The van der Waals surface area contributed by atoms with Gasteiger partial charge >= 0.3 is 0 Å². The van der Waals surface area contributed by atoms with Gasteiger partial charge in [0.2, 0.25) is 0 Å². The summed E-state index contributed by atoms with van der Waals surface area (Å²) in [7, 11) is 0. The molecule has 0 spiro atoms. The van der Waals surface area contributed by atoms with Crippen molar-refractivity contribution in [3.63, 3.8) is 0 Å². The molecule has 0 saturated carbocycles. The standard InChI is InChI=1S/C14H16N2/c1-10-5-6-14(16)9-12(10)7-11-3-2-4-13(15)8-11/h2-6,8-9H,7,15-16H2,1H3. The van der Waals surface area contributed by atoms with Crippen LogP contribution in [0.25, 0.3) is 0 Å². The summed E-state index contributed by atoms with van der Waals surface area (Å²) >= 11 is 0. The lowest BCUT2D eigenvalue weighted by Crippen LogP contribution is -1.95. The molecule has 16 heavy (non-hydrogen) atoms. The average molecular weight is 212 g/mol. The maximum absolute atomic E-state index is 5.79. The van der Waals surface area contributed by atoms with Crippen molar-refractivity contribution >= 4 is 11.4 Å². The lowest BCUT2D eigenvalue weighted by Gasteiger charge is -2.07. The Balaban J connectivity index is 2.30. The Morgan fingerprint density at radius 1 is 0.938 bits per heavy atom. The van der Waals surface area contributed by atoms with Crippen molar-refractivity contribution in [1.29, 1.82) is 0 Å². The van der Waals surface area contributed by atoms with E-state index in [4.69, 9.17) is 11.5 Å². The van der Waals surface area contributed by atoms with Crippen LogP contribution in [0.15, 0.2) is 42.5 Å². The minimum Gasteiger partial charge on any atom is -0.399 e. The number of nitrogen functional groups attached to an aromatic ring is 2. The number of anilines is 2. The maximum Gasteiger partial charge on any atom is 0.0317 e. The van der Waals surface area contributed by atoms with E-state index in [1.807, 2.05) is 30.3 Å². The Labute approximate surface area is 95.9 Å². The van der Waals surface area contributed by atoms with E-state index in [1.165, 1.54) is 16.7 Å². The van der Waals surface area contributed by atoms with Gasteiger partial charge in [0.25, 0.3) is 0 Å². The van der Waals surface area contributed by atoms with E-state index in [0.717, 1.165) is 17.8 Å². The van der Waals surface area contributed by atoms with Gasteiger partial charge in [-0.3, -0.25) is 0 Å². The van der Waals surface area contributed by atoms with Gasteiger partial charge in [-0.15, -0.1) is 0 Å². The van der Waals surface area contributed by atoms with E-state index >= 15 is 0 Å². The first-order valence-electron chi connectivity index (χ1n) is 5.34. The third-order valence-electron chi connectivity index (χ3n) is 2.72. The lowest BCUT2D eigenvalue weighted by atomic mass is 10.00. The number of rotatable bonds is 2. The Hall–Kier alpha value is -1.96. The molecule has 2 aromatic rings. The first kappa shape index (κ1) is 10.6. The SMILES string of the molecule is Cc1ccc(N)cc1Cc1cccc(N)c1. The molecule has 0 aliphatic carbocycles. The van der Waals surface area contributed by atoms with Crippen LogP contribution in [0.3, 0.4) is 0 Å². The monoisotopic (exact) mass is 212 g/mol. The van der Waals surface area contributed by atoms with E-state index in [9.17, 15) is 0 Å². The summed E-state index contributed by atoms with van der Waals surface area (Å²) in [4.78, 5) is 0. The molecule has 0 aliphatic rings. The fraction of sp³-hybridized carbons (Fsp3) is 0.143. The smallest absolute Gasteiger partial charge is 0.0317 e. The molecular weight excluding hydrogens is 196 g/mol. The van der Waals surface area contributed by atoms with Crippen LogP contribution in [-0.4, -0.2) is 0 Å². The van der Waals surface area contributed by atoms with Crippen LogP contribution < -0.4 is 11.5 Å². The number of hydrogen-bond acceptors (Lipinski definition) is 2. The highest BCUT2D eigenvalue weighted by molar-refractivity contribution is 5.47. The number of nitrogens with two attached hydrogens (primary N) is 2. The van der Waals surface area contributed by atoms with Crippen molar-refractivity contribution in [2.75, 3.05) is 11.5 Å². The van der Waals surface area contributed by atoms with Gasteiger partial charge in [0.15, 0.2) is 0 Å². The van der Waals surface area contributed by atoms with Gasteiger partial charge in [-0.2, -0.15) is 0 Å². The van der Waals surface area contributed by atoms with Crippen LogP contribution in [0.2, 0.25) is 0 Å². The number of hydrogen-bond donors (Lipinski definition) is 2. The molecule has 4 N–H and O–H groups in total. The highest BCUT2D eigenvalue weighted by atomic mass is 14.5. The molecule has 2 heteroatoms. The van der Waals surface area contributed by atoms with E-state index in [2.05, 4.69) is 19.1 Å². The molecule has 0 heterocycles. The highest BCUT2D eigenvalue weighted by Crippen LogP contribution is 2.18. The van der Waals surface area contributed by atoms with Crippen molar-refractivity contribution in [1.82, 2.24) is 0 Å². The van der Waals surface area contributed by atoms with E-state index < -0.39 is 0 Å². The van der Waals surface area contributed by atoms with E-state index in [1.54, 1.807) is 0 Å².